The van der Waals surface area contributed by atoms with Crippen molar-refractivity contribution in [3.63, 3.8) is 0 Å². The van der Waals surface area contributed by atoms with E-state index in [0.29, 0.717) is 18.0 Å². The fraction of sp³-hybridized carbons (Fsp3) is 0.400. The molecule has 2 aromatic rings. The van der Waals surface area contributed by atoms with E-state index in [1.807, 2.05) is 16.8 Å². The molecule has 0 radical (unpaired) electrons. The van der Waals surface area contributed by atoms with Crippen molar-refractivity contribution in [1.82, 2.24) is 9.55 Å². The van der Waals surface area contributed by atoms with Gasteiger partial charge in [-0.05, 0) is 24.1 Å². The summed E-state index contributed by atoms with van der Waals surface area (Å²) in [6.45, 7) is 2.84. The van der Waals surface area contributed by atoms with E-state index in [4.69, 9.17) is 5.73 Å². The van der Waals surface area contributed by atoms with Crippen LogP contribution in [0.2, 0.25) is 0 Å². The zero-order valence-electron chi connectivity index (χ0n) is 12.2. The summed E-state index contributed by atoms with van der Waals surface area (Å²) in [6, 6.07) is 6.83. The first-order valence-corrected chi connectivity index (χ1v) is 8.74. The zero-order chi connectivity index (χ0) is 15.3. The van der Waals surface area contributed by atoms with Crippen LogP contribution in [0.25, 0.3) is 0 Å². The number of hydrogen-bond acceptors (Lipinski definition) is 4. The van der Waals surface area contributed by atoms with Gasteiger partial charge in [-0.25, -0.2) is 13.4 Å². The Kier molecular flexibility index (Phi) is 5.14. The molecule has 0 unspecified atom stereocenters. The Balaban J connectivity index is 2.12. The van der Waals surface area contributed by atoms with Gasteiger partial charge < -0.3 is 10.3 Å². The predicted molar refractivity (Wildman–Crippen MR) is 82.6 cm³/mol. The minimum Gasteiger partial charge on any atom is -0.334 e. The number of rotatable bonds is 7. The minimum atomic E-state index is -3.30. The maximum Gasteiger partial charge on any atom is 0.180 e. The number of aryl methyl sites for hydroxylation is 2. The summed E-state index contributed by atoms with van der Waals surface area (Å²) in [6.07, 6.45) is 5.39. The summed E-state index contributed by atoms with van der Waals surface area (Å²) in [4.78, 5) is 4.59. The summed E-state index contributed by atoms with van der Waals surface area (Å²) in [5, 5.41) is 0. The lowest BCUT2D eigenvalue weighted by molar-refractivity contribution is 0.585. The van der Waals surface area contributed by atoms with Crippen LogP contribution in [0.1, 0.15) is 24.7 Å². The molecule has 1 heterocycles. The van der Waals surface area contributed by atoms with Gasteiger partial charge in [0.1, 0.15) is 5.82 Å². The van der Waals surface area contributed by atoms with Crippen LogP contribution in [0.5, 0.6) is 0 Å². The molecular weight excluding hydrogens is 286 g/mol. The average molecular weight is 307 g/mol. The maximum absolute atomic E-state index is 12.4. The summed E-state index contributed by atoms with van der Waals surface area (Å²) in [7, 11) is -3.30. The van der Waals surface area contributed by atoms with Crippen molar-refractivity contribution in [3.05, 3.63) is 48.0 Å². The Bertz CT molecular complexity index is 692. The molecule has 0 spiro atoms. The molecule has 0 atom stereocenters. The first-order chi connectivity index (χ1) is 10.1. The highest BCUT2D eigenvalue weighted by Gasteiger charge is 2.15. The van der Waals surface area contributed by atoms with E-state index in [0.717, 1.165) is 24.2 Å². The zero-order valence-corrected chi connectivity index (χ0v) is 13.0. The largest absolute Gasteiger partial charge is 0.334 e. The molecule has 0 amide bonds. The number of imidazole rings is 1. The van der Waals surface area contributed by atoms with Gasteiger partial charge >= 0.3 is 0 Å². The molecule has 0 aliphatic rings. The number of sulfone groups is 1. The summed E-state index contributed by atoms with van der Waals surface area (Å²) in [5.41, 5.74) is 6.38. The molecule has 0 aliphatic heterocycles. The molecule has 0 saturated heterocycles. The lowest BCUT2D eigenvalue weighted by Gasteiger charge is -2.09. The van der Waals surface area contributed by atoms with Crippen LogP contribution >= 0.6 is 0 Å². The van der Waals surface area contributed by atoms with Gasteiger partial charge in [-0.1, -0.05) is 19.1 Å². The van der Waals surface area contributed by atoms with E-state index in [2.05, 4.69) is 11.9 Å². The molecule has 0 bridgehead atoms. The van der Waals surface area contributed by atoms with Gasteiger partial charge in [-0.2, -0.15) is 0 Å². The van der Waals surface area contributed by atoms with Crippen molar-refractivity contribution in [2.24, 2.45) is 5.73 Å². The Labute approximate surface area is 125 Å². The highest BCUT2D eigenvalue weighted by molar-refractivity contribution is 7.91. The lowest BCUT2D eigenvalue weighted by atomic mass is 10.2. The monoisotopic (exact) mass is 307 g/mol. The molecule has 2 N–H and O–H groups in total. The highest BCUT2D eigenvalue weighted by atomic mass is 32.2. The van der Waals surface area contributed by atoms with Crippen LogP contribution in [0.4, 0.5) is 0 Å². The number of hydrogen-bond donors (Lipinski definition) is 1. The second-order valence-electron chi connectivity index (χ2n) is 4.96. The third-order valence-electron chi connectivity index (χ3n) is 3.37. The molecular formula is C15H21N3O2S. The fourth-order valence-corrected chi connectivity index (χ4v) is 3.49. The molecule has 2 rings (SSSR count). The quantitative estimate of drug-likeness (QED) is 0.845. The van der Waals surface area contributed by atoms with E-state index in [9.17, 15) is 8.42 Å². The van der Waals surface area contributed by atoms with Crippen LogP contribution in [0, 0.1) is 0 Å². The maximum atomic E-state index is 12.4. The Morgan fingerprint density at radius 3 is 2.86 bits per heavy atom. The van der Waals surface area contributed by atoms with Crippen molar-refractivity contribution in [2.75, 3.05) is 5.75 Å². The van der Waals surface area contributed by atoms with Gasteiger partial charge in [-0.3, -0.25) is 0 Å². The molecule has 0 aliphatic carbocycles. The average Bonchev–Trinajstić information content (AvgIpc) is 2.93. The predicted octanol–water partition coefficient (Wildman–Crippen LogP) is 1.77. The SMILES string of the molecule is CCCc1nccn1CCS(=O)(=O)c1cccc(CN)c1. The molecule has 1 aromatic heterocycles. The van der Waals surface area contributed by atoms with E-state index >= 15 is 0 Å². The van der Waals surface area contributed by atoms with Crippen molar-refractivity contribution < 1.29 is 8.42 Å². The third-order valence-corrected chi connectivity index (χ3v) is 5.06. The van der Waals surface area contributed by atoms with Gasteiger partial charge in [0, 0.05) is 31.9 Å². The topological polar surface area (TPSA) is 78.0 Å². The van der Waals surface area contributed by atoms with Crippen LogP contribution in [0.15, 0.2) is 41.6 Å². The van der Waals surface area contributed by atoms with E-state index in [1.54, 1.807) is 24.4 Å². The van der Waals surface area contributed by atoms with Crippen molar-refractivity contribution in [2.45, 2.75) is 37.8 Å². The first kappa shape index (κ1) is 15.7. The van der Waals surface area contributed by atoms with Crippen molar-refractivity contribution >= 4 is 9.84 Å². The normalized spacial score (nSPS) is 11.7. The Morgan fingerprint density at radius 1 is 1.33 bits per heavy atom. The van der Waals surface area contributed by atoms with Crippen molar-refractivity contribution in [3.8, 4) is 0 Å². The number of aromatic nitrogens is 2. The van der Waals surface area contributed by atoms with Crippen LogP contribution in [-0.2, 0) is 29.3 Å². The highest BCUT2D eigenvalue weighted by Crippen LogP contribution is 2.14. The van der Waals surface area contributed by atoms with Gasteiger partial charge in [0.25, 0.3) is 0 Å². The Hall–Kier alpha value is -1.66. The number of nitrogens with zero attached hydrogens (tertiary/aromatic N) is 2. The molecule has 21 heavy (non-hydrogen) atoms. The summed E-state index contributed by atoms with van der Waals surface area (Å²) >= 11 is 0. The number of benzene rings is 1. The smallest absolute Gasteiger partial charge is 0.180 e. The molecule has 0 saturated carbocycles. The standard InChI is InChI=1S/C15H21N3O2S/c1-2-4-15-17-7-8-18(15)9-10-21(19,20)14-6-3-5-13(11-14)12-16/h3,5-8,11H,2,4,9-10,12,16H2,1H3. The second kappa shape index (κ2) is 6.87. The van der Waals surface area contributed by atoms with Gasteiger partial charge in [0.2, 0.25) is 0 Å². The van der Waals surface area contributed by atoms with Crippen molar-refractivity contribution in [1.29, 1.82) is 0 Å². The van der Waals surface area contributed by atoms with Gasteiger partial charge in [0.05, 0.1) is 10.6 Å². The van der Waals surface area contributed by atoms with E-state index < -0.39 is 9.84 Å². The van der Waals surface area contributed by atoms with E-state index in [1.165, 1.54) is 0 Å². The summed E-state index contributed by atoms with van der Waals surface area (Å²) < 4.78 is 26.7. The second-order valence-corrected chi connectivity index (χ2v) is 7.07. The van der Waals surface area contributed by atoms with Crippen LogP contribution < -0.4 is 5.73 Å². The Morgan fingerprint density at radius 2 is 2.14 bits per heavy atom. The first-order valence-electron chi connectivity index (χ1n) is 7.08. The molecule has 1 aromatic carbocycles. The number of nitrogens with two attached hydrogens (primary N) is 1. The van der Waals surface area contributed by atoms with Crippen LogP contribution in [-0.4, -0.2) is 23.7 Å². The summed E-state index contributed by atoms with van der Waals surface area (Å²) in [5.74, 6) is 0.997. The van der Waals surface area contributed by atoms with Crippen LogP contribution in [0.3, 0.4) is 0 Å². The molecule has 114 valence electrons. The van der Waals surface area contributed by atoms with Gasteiger partial charge in [-0.15, -0.1) is 0 Å². The lowest BCUT2D eigenvalue weighted by Crippen LogP contribution is -2.15. The third kappa shape index (κ3) is 3.92. The molecule has 5 nitrogen and oxygen atoms in total. The van der Waals surface area contributed by atoms with Gasteiger partial charge in [0.15, 0.2) is 9.84 Å². The van der Waals surface area contributed by atoms with E-state index in [-0.39, 0.29) is 5.75 Å². The fourth-order valence-electron chi connectivity index (χ4n) is 2.20. The molecule has 6 heteroatoms. The minimum absolute atomic E-state index is 0.0636. The molecule has 0 fully saturated rings.